The van der Waals surface area contributed by atoms with Gasteiger partial charge in [-0.3, -0.25) is 11.3 Å². The van der Waals surface area contributed by atoms with E-state index in [9.17, 15) is 0 Å². The lowest BCUT2D eigenvalue weighted by Gasteiger charge is -2.16. The van der Waals surface area contributed by atoms with E-state index in [1.54, 1.807) is 11.3 Å². The summed E-state index contributed by atoms with van der Waals surface area (Å²) in [6, 6.07) is 4.06. The van der Waals surface area contributed by atoms with Crippen LogP contribution in [0.25, 0.3) is 0 Å². The maximum absolute atomic E-state index is 5.85. The van der Waals surface area contributed by atoms with Crippen molar-refractivity contribution in [2.45, 2.75) is 32.4 Å². The van der Waals surface area contributed by atoms with Crippen molar-refractivity contribution in [3.05, 3.63) is 21.3 Å². The van der Waals surface area contributed by atoms with E-state index in [1.165, 1.54) is 4.88 Å². The SMILES string of the molecule is CC(C)OCC(Cc1ccc(Cl)s1)NN. The van der Waals surface area contributed by atoms with E-state index in [4.69, 9.17) is 22.2 Å². The summed E-state index contributed by atoms with van der Waals surface area (Å²) in [7, 11) is 0. The van der Waals surface area contributed by atoms with E-state index in [0.717, 1.165) is 10.8 Å². The average Bonchev–Trinajstić information content (AvgIpc) is 2.58. The Hall–Kier alpha value is -0.130. The predicted octanol–water partition coefficient (Wildman–Crippen LogP) is 2.20. The normalized spacial score (nSPS) is 13.4. The fourth-order valence-corrected chi connectivity index (χ4v) is 2.35. The Kier molecular flexibility index (Phi) is 5.56. The molecule has 0 radical (unpaired) electrons. The molecule has 1 aromatic heterocycles. The summed E-state index contributed by atoms with van der Waals surface area (Å²) in [4.78, 5) is 1.22. The summed E-state index contributed by atoms with van der Waals surface area (Å²) < 4.78 is 6.31. The fourth-order valence-electron chi connectivity index (χ4n) is 1.18. The summed E-state index contributed by atoms with van der Waals surface area (Å²) in [6.07, 6.45) is 1.08. The van der Waals surface area contributed by atoms with Gasteiger partial charge in [0.15, 0.2) is 0 Å². The zero-order valence-corrected chi connectivity index (χ0v) is 10.6. The first-order valence-corrected chi connectivity index (χ1v) is 6.13. The molecule has 0 saturated carbocycles. The van der Waals surface area contributed by atoms with E-state index in [2.05, 4.69) is 5.43 Å². The minimum Gasteiger partial charge on any atom is -0.377 e. The van der Waals surface area contributed by atoms with Crippen molar-refractivity contribution >= 4 is 22.9 Å². The molecule has 0 aliphatic heterocycles. The molecule has 0 aliphatic carbocycles. The van der Waals surface area contributed by atoms with E-state index in [-0.39, 0.29) is 12.1 Å². The first-order valence-electron chi connectivity index (χ1n) is 4.93. The molecular formula is C10H17ClN2OS. The highest BCUT2D eigenvalue weighted by Gasteiger charge is 2.10. The molecule has 3 nitrogen and oxygen atoms in total. The molecule has 3 N–H and O–H groups in total. The lowest BCUT2D eigenvalue weighted by atomic mass is 10.2. The van der Waals surface area contributed by atoms with Crippen molar-refractivity contribution in [1.29, 1.82) is 0 Å². The molecule has 1 unspecified atom stereocenters. The zero-order chi connectivity index (χ0) is 11.3. The first kappa shape index (κ1) is 12.9. The molecular weight excluding hydrogens is 232 g/mol. The van der Waals surface area contributed by atoms with Crippen molar-refractivity contribution in [2.75, 3.05) is 6.61 Å². The van der Waals surface area contributed by atoms with Crippen LogP contribution >= 0.6 is 22.9 Å². The number of ether oxygens (including phenoxy) is 1. The molecule has 1 rings (SSSR count). The van der Waals surface area contributed by atoms with Crippen molar-refractivity contribution in [3.63, 3.8) is 0 Å². The Bertz CT molecular complexity index is 291. The number of hydrogen-bond donors (Lipinski definition) is 2. The lowest BCUT2D eigenvalue weighted by Crippen LogP contribution is -2.40. The number of nitrogens with two attached hydrogens (primary N) is 1. The number of nitrogens with one attached hydrogen (secondary N) is 1. The number of thiophene rings is 1. The molecule has 0 aromatic carbocycles. The summed E-state index contributed by atoms with van der Waals surface area (Å²) in [5.41, 5.74) is 2.75. The quantitative estimate of drug-likeness (QED) is 0.599. The van der Waals surface area contributed by atoms with Crippen LogP contribution in [-0.2, 0) is 11.2 Å². The van der Waals surface area contributed by atoms with Crippen molar-refractivity contribution in [1.82, 2.24) is 5.43 Å². The summed E-state index contributed by atoms with van der Waals surface area (Å²) in [6.45, 7) is 4.63. The highest BCUT2D eigenvalue weighted by atomic mass is 35.5. The van der Waals surface area contributed by atoms with Gasteiger partial charge in [0.2, 0.25) is 0 Å². The van der Waals surface area contributed by atoms with Crippen molar-refractivity contribution in [3.8, 4) is 0 Å². The van der Waals surface area contributed by atoms with Crippen molar-refractivity contribution in [2.24, 2.45) is 5.84 Å². The Morgan fingerprint density at radius 3 is 2.73 bits per heavy atom. The highest BCUT2D eigenvalue weighted by Crippen LogP contribution is 2.22. The van der Waals surface area contributed by atoms with E-state index in [1.807, 2.05) is 26.0 Å². The molecule has 1 atom stereocenters. The number of hydrogen-bond acceptors (Lipinski definition) is 4. The summed E-state index contributed by atoms with van der Waals surface area (Å²) in [5, 5.41) is 0. The van der Waals surface area contributed by atoms with Crippen LogP contribution in [0.5, 0.6) is 0 Å². The largest absolute Gasteiger partial charge is 0.377 e. The topological polar surface area (TPSA) is 47.3 Å². The third-order valence-electron chi connectivity index (χ3n) is 1.94. The third-order valence-corrected chi connectivity index (χ3v) is 3.20. The third kappa shape index (κ3) is 4.95. The molecule has 1 aromatic rings. The van der Waals surface area contributed by atoms with E-state index < -0.39 is 0 Å². The van der Waals surface area contributed by atoms with Gasteiger partial charge in [-0.25, -0.2) is 0 Å². The Morgan fingerprint density at radius 1 is 1.53 bits per heavy atom. The van der Waals surface area contributed by atoms with Crippen LogP contribution in [0.15, 0.2) is 12.1 Å². The van der Waals surface area contributed by atoms with Gasteiger partial charge in [-0.1, -0.05) is 11.6 Å². The van der Waals surface area contributed by atoms with Gasteiger partial charge >= 0.3 is 0 Å². The monoisotopic (exact) mass is 248 g/mol. The fraction of sp³-hybridized carbons (Fsp3) is 0.600. The molecule has 5 heteroatoms. The Labute approximate surface area is 99.5 Å². The van der Waals surface area contributed by atoms with Crippen LogP contribution in [0.2, 0.25) is 4.34 Å². The molecule has 0 aliphatic rings. The number of rotatable bonds is 6. The molecule has 1 heterocycles. The van der Waals surface area contributed by atoms with Crippen LogP contribution in [0, 0.1) is 0 Å². The maximum atomic E-state index is 5.85. The highest BCUT2D eigenvalue weighted by molar-refractivity contribution is 7.16. The summed E-state index contributed by atoms with van der Waals surface area (Å²) in [5.74, 6) is 5.46. The second-order valence-electron chi connectivity index (χ2n) is 3.66. The second-order valence-corrected chi connectivity index (χ2v) is 5.46. The van der Waals surface area contributed by atoms with Gasteiger partial charge in [-0.2, -0.15) is 0 Å². The van der Waals surface area contributed by atoms with Gasteiger partial charge in [-0.05, 0) is 26.0 Å². The first-order chi connectivity index (χ1) is 7.11. The van der Waals surface area contributed by atoms with Gasteiger partial charge in [-0.15, -0.1) is 11.3 Å². The van der Waals surface area contributed by atoms with E-state index in [0.29, 0.717) is 6.61 Å². The van der Waals surface area contributed by atoms with Crippen LogP contribution in [-0.4, -0.2) is 18.8 Å². The zero-order valence-electron chi connectivity index (χ0n) is 9.00. The standard InChI is InChI=1S/C10H17ClN2OS/c1-7(2)14-6-8(13-12)5-9-3-4-10(11)15-9/h3-4,7-8,13H,5-6,12H2,1-2H3. The predicted molar refractivity (Wildman–Crippen MR) is 65.2 cm³/mol. The molecule has 15 heavy (non-hydrogen) atoms. The van der Waals surface area contributed by atoms with Gasteiger partial charge in [0.1, 0.15) is 0 Å². The minimum atomic E-state index is 0.141. The lowest BCUT2D eigenvalue weighted by molar-refractivity contribution is 0.0614. The van der Waals surface area contributed by atoms with Gasteiger partial charge < -0.3 is 4.74 Å². The summed E-state index contributed by atoms with van der Waals surface area (Å²) >= 11 is 7.43. The molecule has 0 amide bonds. The Balaban J connectivity index is 2.39. The van der Waals surface area contributed by atoms with Crippen LogP contribution in [0.4, 0.5) is 0 Å². The Morgan fingerprint density at radius 2 is 2.27 bits per heavy atom. The smallest absolute Gasteiger partial charge is 0.0931 e. The molecule has 0 spiro atoms. The van der Waals surface area contributed by atoms with Crippen LogP contribution in [0.1, 0.15) is 18.7 Å². The van der Waals surface area contributed by atoms with Gasteiger partial charge in [0.25, 0.3) is 0 Å². The van der Waals surface area contributed by atoms with Crippen molar-refractivity contribution < 1.29 is 4.74 Å². The number of hydrazine groups is 1. The number of halogens is 1. The maximum Gasteiger partial charge on any atom is 0.0931 e. The van der Waals surface area contributed by atoms with E-state index >= 15 is 0 Å². The van der Waals surface area contributed by atoms with Gasteiger partial charge in [0.05, 0.1) is 17.0 Å². The van der Waals surface area contributed by atoms with Crippen LogP contribution in [0.3, 0.4) is 0 Å². The van der Waals surface area contributed by atoms with Crippen LogP contribution < -0.4 is 11.3 Å². The molecule has 0 bridgehead atoms. The molecule has 86 valence electrons. The van der Waals surface area contributed by atoms with Gasteiger partial charge in [0, 0.05) is 17.3 Å². The minimum absolute atomic E-state index is 0.141. The molecule has 0 saturated heterocycles. The second kappa shape index (κ2) is 6.45. The average molecular weight is 249 g/mol. The molecule has 0 fully saturated rings.